The molecule has 3 N–H and O–H groups in total. The number of hydrogen-bond donors (Lipinski definition) is 2. The Labute approximate surface area is 160 Å². The number of nitrogens with two attached hydrogens (primary N) is 1. The van der Waals surface area contributed by atoms with Crippen molar-refractivity contribution in [3.8, 4) is 11.5 Å². The molecule has 2 rings (SSSR count). The Bertz CT molecular complexity index is 846. The van der Waals surface area contributed by atoms with Gasteiger partial charge in [-0.25, -0.2) is 4.79 Å². The number of methoxy groups -OCH3 is 1. The maximum atomic E-state index is 12.2. The molecule has 0 aliphatic carbocycles. The number of carbonyl (C=O) groups excluding carboxylic acids is 3. The van der Waals surface area contributed by atoms with E-state index in [4.69, 9.17) is 19.9 Å². The summed E-state index contributed by atoms with van der Waals surface area (Å²) in [6, 6.07) is 6.09. The quantitative estimate of drug-likeness (QED) is 0.667. The Morgan fingerprint density at radius 3 is 2.56 bits per heavy atom. The fraction of sp³-hybridized carbons (Fsp3) is 0.278. The van der Waals surface area contributed by atoms with Gasteiger partial charge in [0.2, 0.25) is 0 Å². The molecule has 0 saturated carbocycles. The van der Waals surface area contributed by atoms with Gasteiger partial charge < -0.3 is 25.3 Å². The van der Waals surface area contributed by atoms with Crippen molar-refractivity contribution in [3.05, 3.63) is 40.8 Å². The van der Waals surface area contributed by atoms with E-state index in [2.05, 4.69) is 5.32 Å². The zero-order valence-corrected chi connectivity index (χ0v) is 15.9. The van der Waals surface area contributed by atoms with E-state index in [1.54, 1.807) is 11.4 Å². The van der Waals surface area contributed by atoms with Crippen LogP contribution in [-0.4, -0.2) is 37.6 Å². The number of hydrogen-bond acceptors (Lipinski definition) is 7. The molecule has 0 aliphatic heterocycles. The third-order valence-electron chi connectivity index (χ3n) is 3.28. The lowest BCUT2D eigenvalue weighted by atomic mass is 10.2. The Morgan fingerprint density at radius 1 is 1.19 bits per heavy atom. The van der Waals surface area contributed by atoms with Crippen molar-refractivity contribution in [3.63, 3.8) is 0 Å². The molecule has 2 amide bonds. The van der Waals surface area contributed by atoms with E-state index < -0.39 is 24.4 Å². The summed E-state index contributed by atoms with van der Waals surface area (Å²) >= 11 is 1.14. The van der Waals surface area contributed by atoms with Crippen molar-refractivity contribution in [1.29, 1.82) is 0 Å². The topological polar surface area (TPSA) is 117 Å². The van der Waals surface area contributed by atoms with E-state index in [9.17, 15) is 14.4 Å². The average molecular weight is 392 g/mol. The van der Waals surface area contributed by atoms with Crippen LogP contribution in [0.4, 0.5) is 5.00 Å². The molecule has 144 valence electrons. The van der Waals surface area contributed by atoms with Gasteiger partial charge >= 0.3 is 5.97 Å². The van der Waals surface area contributed by atoms with Crippen molar-refractivity contribution >= 4 is 34.1 Å². The summed E-state index contributed by atoms with van der Waals surface area (Å²) in [5.41, 5.74) is 5.62. The zero-order chi connectivity index (χ0) is 20.0. The highest BCUT2D eigenvalue weighted by atomic mass is 32.1. The third-order valence-corrected chi connectivity index (χ3v) is 4.11. The van der Waals surface area contributed by atoms with Gasteiger partial charge in [0.1, 0.15) is 5.00 Å². The highest BCUT2D eigenvalue weighted by Gasteiger charge is 2.16. The van der Waals surface area contributed by atoms with Crippen molar-refractivity contribution in [2.75, 3.05) is 19.0 Å². The number of amides is 2. The van der Waals surface area contributed by atoms with Crippen LogP contribution in [0.1, 0.15) is 34.6 Å². The molecule has 27 heavy (non-hydrogen) atoms. The molecule has 0 unspecified atom stereocenters. The number of anilines is 1. The molecule has 1 aromatic carbocycles. The van der Waals surface area contributed by atoms with Crippen LogP contribution in [0.5, 0.6) is 11.5 Å². The molecule has 1 heterocycles. The van der Waals surface area contributed by atoms with Gasteiger partial charge in [-0.1, -0.05) is 0 Å². The highest BCUT2D eigenvalue weighted by Crippen LogP contribution is 2.29. The van der Waals surface area contributed by atoms with Crippen LogP contribution in [0.15, 0.2) is 29.6 Å². The second-order valence-electron chi connectivity index (χ2n) is 5.68. The minimum absolute atomic E-state index is 0.0528. The summed E-state index contributed by atoms with van der Waals surface area (Å²) in [7, 11) is 1.46. The lowest BCUT2D eigenvalue weighted by Crippen LogP contribution is -2.22. The van der Waals surface area contributed by atoms with Gasteiger partial charge in [0.15, 0.2) is 18.1 Å². The minimum atomic E-state index is -0.694. The van der Waals surface area contributed by atoms with Gasteiger partial charge in [-0.05, 0) is 43.5 Å². The summed E-state index contributed by atoms with van der Waals surface area (Å²) in [4.78, 5) is 35.3. The molecule has 0 aliphatic rings. The second-order valence-corrected chi connectivity index (χ2v) is 6.60. The highest BCUT2D eigenvalue weighted by molar-refractivity contribution is 7.14. The Hall–Kier alpha value is -3.07. The molecule has 0 saturated heterocycles. The third kappa shape index (κ3) is 5.45. The predicted molar refractivity (Wildman–Crippen MR) is 101 cm³/mol. The monoisotopic (exact) mass is 392 g/mol. The Morgan fingerprint density at radius 2 is 1.93 bits per heavy atom. The van der Waals surface area contributed by atoms with Gasteiger partial charge in [0.05, 0.1) is 24.3 Å². The van der Waals surface area contributed by atoms with E-state index in [1.165, 1.54) is 25.3 Å². The average Bonchev–Trinajstić information content (AvgIpc) is 3.07. The maximum Gasteiger partial charge on any atom is 0.338 e. The summed E-state index contributed by atoms with van der Waals surface area (Å²) in [6.45, 7) is 3.23. The molecule has 0 bridgehead atoms. The molecule has 0 atom stereocenters. The van der Waals surface area contributed by atoms with E-state index in [-0.39, 0.29) is 17.2 Å². The molecule has 0 fully saturated rings. The number of esters is 1. The van der Waals surface area contributed by atoms with Crippen LogP contribution in [0, 0.1) is 0 Å². The first-order valence-corrected chi connectivity index (χ1v) is 8.88. The van der Waals surface area contributed by atoms with Crippen LogP contribution in [0.25, 0.3) is 0 Å². The summed E-state index contributed by atoms with van der Waals surface area (Å²) < 4.78 is 15.8. The van der Waals surface area contributed by atoms with E-state index in [1.807, 2.05) is 13.8 Å². The van der Waals surface area contributed by atoms with Crippen LogP contribution >= 0.6 is 11.3 Å². The summed E-state index contributed by atoms with van der Waals surface area (Å²) in [6.07, 6.45) is -0.0528. The molecule has 1 aromatic heterocycles. The normalized spacial score (nSPS) is 10.4. The number of benzene rings is 1. The van der Waals surface area contributed by atoms with Crippen LogP contribution in [0.2, 0.25) is 0 Å². The lowest BCUT2D eigenvalue weighted by Gasteiger charge is -2.14. The number of nitrogens with one attached hydrogen (secondary N) is 1. The largest absolute Gasteiger partial charge is 0.493 e. The number of thiophene rings is 1. The molecule has 2 aromatic rings. The van der Waals surface area contributed by atoms with Gasteiger partial charge in [0, 0.05) is 0 Å². The smallest absolute Gasteiger partial charge is 0.338 e. The number of rotatable bonds is 8. The van der Waals surface area contributed by atoms with Crippen molar-refractivity contribution in [1.82, 2.24) is 0 Å². The Kier molecular flexibility index (Phi) is 6.78. The van der Waals surface area contributed by atoms with Crippen molar-refractivity contribution in [2.24, 2.45) is 5.73 Å². The first-order chi connectivity index (χ1) is 12.8. The van der Waals surface area contributed by atoms with E-state index >= 15 is 0 Å². The van der Waals surface area contributed by atoms with E-state index in [0.717, 1.165) is 11.3 Å². The molecular formula is C18H20N2O6S. The lowest BCUT2D eigenvalue weighted by molar-refractivity contribution is -0.119. The first-order valence-electron chi connectivity index (χ1n) is 8.00. The first kappa shape index (κ1) is 20.2. The molecule has 8 nitrogen and oxygen atoms in total. The maximum absolute atomic E-state index is 12.2. The van der Waals surface area contributed by atoms with Crippen molar-refractivity contribution in [2.45, 2.75) is 20.0 Å². The SMILES string of the molecule is COc1cc(C(=O)OCC(=O)Nc2sccc2C(N)=O)ccc1OC(C)C. The number of carbonyl (C=O) groups is 3. The molecule has 0 spiro atoms. The molecule has 0 radical (unpaired) electrons. The fourth-order valence-corrected chi connectivity index (χ4v) is 2.93. The summed E-state index contributed by atoms with van der Waals surface area (Å²) in [5.74, 6) is -1.05. The molecule has 9 heteroatoms. The molecular weight excluding hydrogens is 372 g/mol. The number of primary amides is 1. The number of ether oxygens (including phenoxy) is 3. The minimum Gasteiger partial charge on any atom is -0.493 e. The van der Waals surface area contributed by atoms with E-state index in [0.29, 0.717) is 16.5 Å². The van der Waals surface area contributed by atoms with Crippen LogP contribution < -0.4 is 20.5 Å². The van der Waals surface area contributed by atoms with Crippen LogP contribution in [-0.2, 0) is 9.53 Å². The zero-order valence-electron chi connectivity index (χ0n) is 15.1. The van der Waals surface area contributed by atoms with Gasteiger partial charge in [0.25, 0.3) is 11.8 Å². The fourth-order valence-electron chi connectivity index (χ4n) is 2.12. The Balaban J connectivity index is 1.97. The standard InChI is InChI=1S/C18H20N2O6S/c1-10(2)26-13-5-4-11(8-14(13)24-3)18(23)25-9-15(21)20-17-12(16(19)22)6-7-27-17/h4-8,10H,9H2,1-3H3,(H2,19,22)(H,20,21). The second kappa shape index (κ2) is 9.04. The summed E-state index contributed by atoms with van der Waals surface area (Å²) in [5, 5.41) is 4.41. The van der Waals surface area contributed by atoms with Crippen LogP contribution in [0.3, 0.4) is 0 Å². The van der Waals surface area contributed by atoms with Crippen molar-refractivity contribution < 1.29 is 28.6 Å². The predicted octanol–water partition coefficient (Wildman–Crippen LogP) is 2.44. The van der Waals surface area contributed by atoms with Gasteiger partial charge in [-0.3, -0.25) is 9.59 Å². The van der Waals surface area contributed by atoms with Gasteiger partial charge in [-0.2, -0.15) is 0 Å². The van der Waals surface area contributed by atoms with Gasteiger partial charge in [-0.15, -0.1) is 11.3 Å².